The molecular formula is C18H22F3N. The van der Waals surface area contributed by atoms with Gasteiger partial charge in [0.2, 0.25) is 0 Å². The Morgan fingerprint density at radius 3 is 1.86 bits per heavy atom. The minimum atomic E-state index is -4.34. The Kier molecular flexibility index (Phi) is 3.79. The van der Waals surface area contributed by atoms with Crippen LogP contribution in [0.1, 0.15) is 58.4 Å². The Morgan fingerprint density at radius 2 is 1.41 bits per heavy atom. The lowest BCUT2D eigenvalue weighted by molar-refractivity contribution is -0.137. The van der Waals surface area contributed by atoms with Gasteiger partial charge >= 0.3 is 6.18 Å². The van der Waals surface area contributed by atoms with Crippen molar-refractivity contribution in [3.63, 3.8) is 0 Å². The van der Waals surface area contributed by atoms with Crippen LogP contribution in [0.4, 0.5) is 13.2 Å². The van der Waals surface area contributed by atoms with Gasteiger partial charge in [0.25, 0.3) is 0 Å². The first kappa shape index (κ1) is 16.8. The van der Waals surface area contributed by atoms with Crippen LogP contribution >= 0.6 is 0 Å². The average Bonchev–Trinajstić information content (AvgIpc) is 2.33. The van der Waals surface area contributed by atoms with Crippen LogP contribution in [0.2, 0.25) is 0 Å². The molecule has 1 aromatic carbocycles. The van der Waals surface area contributed by atoms with Crippen molar-refractivity contribution in [1.29, 1.82) is 0 Å². The fraction of sp³-hybridized carbons (Fsp3) is 0.500. The fourth-order valence-corrected chi connectivity index (χ4v) is 2.41. The minimum Gasteiger partial charge on any atom is -0.252 e. The van der Waals surface area contributed by atoms with Gasteiger partial charge in [-0.2, -0.15) is 13.2 Å². The number of nitrogens with zero attached hydrogens (tertiary/aromatic N) is 1. The molecule has 0 saturated carbocycles. The van der Waals surface area contributed by atoms with Crippen molar-refractivity contribution in [2.24, 2.45) is 0 Å². The molecule has 2 rings (SSSR count). The van der Waals surface area contributed by atoms with Crippen molar-refractivity contribution in [3.05, 3.63) is 41.1 Å². The summed E-state index contributed by atoms with van der Waals surface area (Å²) in [5, 5.41) is 0.579. The standard InChI is InChI=1S/C18H22F3N/c1-16(2,3)13-10-15(17(4,5)6)22-14-8-7-11(9-12(13)14)18(19,20)21/h7-10H,1-6H3. The maximum absolute atomic E-state index is 13.0. The molecule has 0 spiro atoms. The summed E-state index contributed by atoms with van der Waals surface area (Å²) < 4.78 is 39.0. The number of alkyl halides is 3. The molecule has 4 heteroatoms. The quantitative estimate of drug-likeness (QED) is 0.595. The summed E-state index contributed by atoms with van der Waals surface area (Å²) in [7, 11) is 0. The first-order valence-corrected chi connectivity index (χ1v) is 7.33. The van der Waals surface area contributed by atoms with Crippen LogP contribution in [0, 0.1) is 0 Å². The molecule has 120 valence electrons. The Bertz CT molecular complexity index is 701. The summed E-state index contributed by atoms with van der Waals surface area (Å²) in [6, 6.07) is 5.74. The second kappa shape index (κ2) is 4.97. The number of pyridine rings is 1. The molecule has 0 saturated heterocycles. The average molecular weight is 309 g/mol. The zero-order valence-corrected chi connectivity index (χ0v) is 13.9. The van der Waals surface area contributed by atoms with E-state index in [-0.39, 0.29) is 10.8 Å². The highest BCUT2D eigenvalue weighted by molar-refractivity contribution is 5.84. The highest BCUT2D eigenvalue weighted by Gasteiger charge is 2.32. The predicted molar refractivity (Wildman–Crippen MR) is 84.1 cm³/mol. The molecule has 22 heavy (non-hydrogen) atoms. The molecule has 2 aromatic rings. The normalized spacial score (nSPS) is 13.7. The largest absolute Gasteiger partial charge is 0.416 e. The highest BCUT2D eigenvalue weighted by atomic mass is 19.4. The second-order valence-corrected chi connectivity index (χ2v) is 7.78. The number of halogens is 3. The Labute approximate surface area is 129 Å². The maximum atomic E-state index is 13.0. The van der Waals surface area contributed by atoms with E-state index in [0.717, 1.165) is 17.3 Å². The van der Waals surface area contributed by atoms with Gasteiger partial charge in [-0.05, 0) is 35.2 Å². The van der Waals surface area contributed by atoms with E-state index in [0.29, 0.717) is 10.9 Å². The first-order chi connectivity index (χ1) is 9.80. The summed E-state index contributed by atoms with van der Waals surface area (Å²) in [5.74, 6) is 0. The second-order valence-electron chi connectivity index (χ2n) is 7.78. The Hall–Kier alpha value is -1.58. The van der Waals surface area contributed by atoms with E-state index in [2.05, 4.69) is 25.8 Å². The van der Waals surface area contributed by atoms with Gasteiger partial charge in [0.15, 0.2) is 0 Å². The lowest BCUT2D eigenvalue weighted by atomic mass is 9.81. The predicted octanol–water partition coefficient (Wildman–Crippen LogP) is 5.85. The van der Waals surface area contributed by atoms with Gasteiger partial charge in [0, 0.05) is 16.5 Å². The number of aromatic nitrogens is 1. The Morgan fingerprint density at radius 1 is 0.818 bits per heavy atom. The van der Waals surface area contributed by atoms with E-state index in [1.165, 1.54) is 12.1 Å². The van der Waals surface area contributed by atoms with Crippen molar-refractivity contribution in [2.45, 2.75) is 58.5 Å². The van der Waals surface area contributed by atoms with Gasteiger partial charge < -0.3 is 0 Å². The molecule has 0 amide bonds. The molecule has 0 bridgehead atoms. The summed E-state index contributed by atoms with van der Waals surface area (Å²) in [6.45, 7) is 12.2. The number of benzene rings is 1. The van der Waals surface area contributed by atoms with Gasteiger partial charge in [-0.25, -0.2) is 0 Å². The zero-order valence-electron chi connectivity index (χ0n) is 13.9. The molecule has 0 aliphatic heterocycles. The van der Waals surface area contributed by atoms with Crippen molar-refractivity contribution in [2.75, 3.05) is 0 Å². The molecule has 0 atom stereocenters. The van der Waals surface area contributed by atoms with E-state index in [1.54, 1.807) is 0 Å². The first-order valence-electron chi connectivity index (χ1n) is 7.33. The van der Waals surface area contributed by atoms with Crippen LogP contribution in [0.5, 0.6) is 0 Å². The number of hydrogen-bond acceptors (Lipinski definition) is 1. The maximum Gasteiger partial charge on any atom is 0.416 e. The molecule has 0 radical (unpaired) electrons. The van der Waals surface area contributed by atoms with E-state index in [4.69, 9.17) is 0 Å². The minimum absolute atomic E-state index is 0.156. The molecule has 0 N–H and O–H groups in total. The van der Waals surface area contributed by atoms with Gasteiger partial charge in [0.05, 0.1) is 11.1 Å². The molecular weight excluding hydrogens is 287 g/mol. The topological polar surface area (TPSA) is 12.9 Å². The van der Waals surface area contributed by atoms with E-state index in [1.807, 2.05) is 26.8 Å². The third kappa shape index (κ3) is 3.26. The molecule has 1 heterocycles. The zero-order chi connectivity index (χ0) is 16.9. The SMILES string of the molecule is CC(C)(C)c1cc(C(C)(C)C)c2cc(C(F)(F)F)ccc2n1. The number of hydrogen-bond donors (Lipinski definition) is 0. The third-order valence-corrected chi connectivity index (χ3v) is 3.71. The lowest BCUT2D eigenvalue weighted by Gasteiger charge is -2.26. The van der Waals surface area contributed by atoms with E-state index >= 15 is 0 Å². The monoisotopic (exact) mass is 309 g/mol. The van der Waals surface area contributed by atoms with Crippen LogP contribution in [-0.2, 0) is 17.0 Å². The van der Waals surface area contributed by atoms with Crippen LogP contribution in [-0.4, -0.2) is 4.98 Å². The highest BCUT2D eigenvalue weighted by Crippen LogP contribution is 2.37. The summed E-state index contributed by atoms with van der Waals surface area (Å²) >= 11 is 0. The van der Waals surface area contributed by atoms with Crippen molar-refractivity contribution in [3.8, 4) is 0 Å². The van der Waals surface area contributed by atoms with Crippen molar-refractivity contribution >= 4 is 10.9 Å². The smallest absolute Gasteiger partial charge is 0.252 e. The third-order valence-electron chi connectivity index (χ3n) is 3.71. The van der Waals surface area contributed by atoms with Gasteiger partial charge in [-0.15, -0.1) is 0 Å². The van der Waals surface area contributed by atoms with Crippen LogP contribution in [0.25, 0.3) is 10.9 Å². The molecule has 1 aromatic heterocycles. The summed E-state index contributed by atoms with van der Waals surface area (Å²) in [4.78, 5) is 4.58. The van der Waals surface area contributed by atoms with E-state index in [9.17, 15) is 13.2 Å². The number of rotatable bonds is 0. The van der Waals surface area contributed by atoms with Crippen molar-refractivity contribution in [1.82, 2.24) is 4.98 Å². The summed E-state index contributed by atoms with van der Waals surface area (Å²) in [6.07, 6.45) is -4.34. The van der Waals surface area contributed by atoms with Gasteiger partial charge in [-0.1, -0.05) is 41.5 Å². The molecule has 0 aliphatic rings. The van der Waals surface area contributed by atoms with Gasteiger partial charge in [0.1, 0.15) is 0 Å². The van der Waals surface area contributed by atoms with E-state index < -0.39 is 11.7 Å². The van der Waals surface area contributed by atoms with Crippen molar-refractivity contribution < 1.29 is 13.2 Å². The Balaban J connectivity index is 2.84. The molecule has 1 nitrogen and oxygen atoms in total. The molecule has 0 unspecified atom stereocenters. The lowest BCUT2D eigenvalue weighted by Crippen LogP contribution is -2.19. The molecule has 0 aliphatic carbocycles. The van der Waals surface area contributed by atoms with Crippen LogP contribution in [0.3, 0.4) is 0 Å². The summed E-state index contributed by atoms with van der Waals surface area (Å²) in [5.41, 5.74) is 1.36. The molecule has 0 fully saturated rings. The fourth-order valence-electron chi connectivity index (χ4n) is 2.41. The van der Waals surface area contributed by atoms with Crippen LogP contribution in [0.15, 0.2) is 24.3 Å². The van der Waals surface area contributed by atoms with Crippen LogP contribution < -0.4 is 0 Å². The number of fused-ring (bicyclic) bond motifs is 1. The van der Waals surface area contributed by atoms with Gasteiger partial charge in [-0.3, -0.25) is 4.98 Å².